The molecule has 8 heteroatoms. The van der Waals surface area contributed by atoms with E-state index < -0.39 is 29.3 Å². The summed E-state index contributed by atoms with van der Waals surface area (Å²) in [5, 5.41) is 8.68. The predicted octanol–water partition coefficient (Wildman–Crippen LogP) is 7.04. The number of fused-ring (bicyclic) bond motifs is 2. The van der Waals surface area contributed by atoms with Gasteiger partial charge in [0.05, 0.1) is 12.6 Å². The average Bonchev–Trinajstić information content (AvgIpc) is 3.26. The highest BCUT2D eigenvalue weighted by molar-refractivity contribution is 5.79. The molecule has 0 unspecified atom stereocenters. The van der Waals surface area contributed by atoms with Crippen molar-refractivity contribution in [3.63, 3.8) is 0 Å². The number of carbonyl (C=O) groups is 1. The number of ether oxygens (including phenoxy) is 2. The third-order valence-corrected chi connectivity index (χ3v) is 7.65. The number of rotatable bonds is 10. The van der Waals surface area contributed by atoms with Crippen LogP contribution in [-0.4, -0.2) is 40.8 Å². The van der Waals surface area contributed by atoms with Crippen molar-refractivity contribution in [2.75, 3.05) is 13.2 Å². The van der Waals surface area contributed by atoms with Gasteiger partial charge in [-0.3, -0.25) is 4.90 Å². The molecule has 2 aliphatic rings. The number of benzene rings is 3. The Balaban J connectivity index is 1.39. The van der Waals surface area contributed by atoms with Gasteiger partial charge in [0.1, 0.15) is 36.3 Å². The zero-order chi connectivity index (χ0) is 29.3. The van der Waals surface area contributed by atoms with Crippen LogP contribution in [0.25, 0.3) is 5.57 Å². The summed E-state index contributed by atoms with van der Waals surface area (Å²) < 4.78 is 57.5. The Morgan fingerprint density at radius 1 is 1.02 bits per heavy atom. The van der Waals surface area contributed by atoms with Crippen LogP contribution in [0.1, 0.15) is 61.1 Å². The highest BCUT2D eigenvalue weighted by atomic mass is 19.1. The molecule has 0 spiro atoms. The lowest BCUT2D eigenvalue weighted by Gasteiger charge is -2.44. The minimum absolute atomic E-state index is 0.0421. The molecule has 0 aromatic heterocycles. The van der Waals surface area contributed by atoms with Crippen molar-refractivity contribution in [1.29, 1.82) is 0 Å². The summed E-state index contributed by atoms with van der Waals surface area (Å²) in [7, 11) is 0. The van der Waals surface area contributed by atoms with Gasteiger partial charge in [-0.25, -0.2) is 18.0 Å². The molecule has 5 rings (SSSR count). The molecule has 0 saturated carbocycles. The minimum atomic E-state index is -1.55. The Labute approximate surface area is 238 Å². The largest absolute Gasteiger partial charge is 0.489 e. The van der Waals surface area contributed by atoms with E-state index in [2.05, 4.69) is 6.07 Å². The molecular weight excluding hydrogens is 531 g/mol. The third kappa shape index (κ3) is 6.49. The minimum Gasteiger partial charge on any atom is -0.489 e. The van der Waals surface area contributed by atoms with Crippen LogP contribution < -0.4 is 4.74 Å². The topological polar surface area (TPSA) is 59.0 Å². The summed E-state index contributed by atoms with van der Waals surface area (Å²) in [5.74, 6) is -2.44. The summed E-state index contributed by atoms with van der Waals surface area (Å²) in [5.41, 5.74) is 4.18. The van der Waals surface area contributed by atoms with Gasteiger partial charge < -0.3 is 14.6 Å². The maximum atomic E-state index is 15.8. The second-order valence-electron chi connectivity index (χ2n) is 11.5. The van der Waals surface area contributed by atoms with Crippen molar-refractivity contribution in [3.8, 4) is 5.75 Å². The first kappa shape index (κ1) is 28.9. The fourth-order valence-electron chi connectivity index (χ4n) is 5.91. The van der Waals surface area contributed by atoms with Gasteiger partial charge in [-0.1, -0.05) is 48.5 Å². The van der Waals surface area contributed by atoms with E-state index >= 15 is 8.78 Å². The highest BCUT2D eigenvalue weighted by Crippen LogP contribution is 2.50. The monoisotopic (exact) mass is 565 g/mol. The molecule has 0 saturated heterocycles. The Bertz CT molecular complexity index is 1440. The molecule has 0 radical (unpaired) electrons. The van der Waals surface area contributed by atoms with E-state index in [1.165, 1.54) is 26.0 Å². The lowest BCUT2D eigenvalue weighted by molar-refractivity contribution is -0.142. The van der Waals surface area contributed by atoms with E-state index in [1.807, 2.05) is 30.0 Å². The van der Waals surface area contributed by atoms with Gasteiger partial charge in [0.15, 0.2) is 0 Å². The van der Waals surface area contributed by atoms with Crippen LogP contribution in [0.2, 0.25) is 0 Å². The van der Waals surface area contributed by atoms with Crippen molar-refractivity contribution in [1.82, 2.24) is 4.90 Å². The van der Waals surface area contributed by atoms with Gasteiger partial charge in [0.2, 0.25) is 0 Å². The van der Waals surface area contributed by atoms with Gasteiger partial charge in [-0.05, 0) is 67.0 Å². The number of aliphatic carboxylic acids is 1. The summed E-state index contributed by atoms with van der Waals surface area (Å²) in [6, 6.07) is 16.7. The van der Waals surface area contributed by atoms with Crippen molar-refractivity contribution in [3.05, 3.63) is 106 Å². The second-order valence-corrected chi connectivity index (χ2v) is 11.5. The molecule has 1 aliphatic carbocycles. The molecule has 5 nitrogen and oxygen atoms in total. The standard InChI is InChI=1S/C33H34F3NO4/c1-20-12-26-25-7-5-4-6-23(25)13-27(26)32(37(20)19-33(2,3)36)31-28(34)14-24(15-29(31)35)41-17-22-10-8-21(9-11-22)16-40-18-30(38)39/h4-11,14-15,20,32H,12-13,16-19H2,1-3H3,(H,38,39)/t20-,32+/m1/s1. The van der Waals surface area contributed by atoms with E-state index in [1.54, 1.807) is 24.3 Å². The highest BCUT2D eigenvalue weighted by Gasteiger charge is 2.43. The van der Waals surface area contributed by atoms with E-state index in [9.17, 15) is 9.18 Å². The van der Waals surface area contributed by atoms with Gasteiger partial charge >= 0.3 is 5.97 Å². The summed E-state index contributed by atoms with van der Waals surface area (Å²) in [6.07, 6.45) is 1.26. The smallest absolute Gasteiger partial charge is 0.329 e. The zero-order valence-electron chi connectivity index (χ0n) is 23.4. The van der Waals surface area contributed by atoms with Crippen LogP contribution in [0.15, 0.2) is 66.2 Å². The van der Waals surface area contributed by atoms with E-state index in [-0.39, 0.29) is 43.7 Å². The van der Waals surface area contributed by atoms with Crippen molar-refractivity contribution in [2.24, 2.45) is 0 Å². The van der Waals surface area contributed by atoms with Gasteiger partial charge in [0, 0.05) is 30.3 Å². The quantitative estimate of drug-likeness (QED) is 0.286. The number of carboxylic acid groups (broad SMARTS) is 1. The lowest BCUT2D eigenvalue weighted by Crippen LogP contribution is -2.47. The molecule has 1 aliphatic heterocycles. The molecule has 216 valence electrons. The summed E-state index contributed by atoms with van der Waals surface area (Å²) in [4.78, 5) is 12.5. The third-order valence-electron chi connectivity index (χ3n) is 7.65. The SMILES string of the molecule is C[C@@H]1CC2=C(Cc3ccccc32)[C@@H](c2c(F)cc(OCc3ccc(COCC(=O)O)cc3)cc2F)N1CC(C)(C)F. The Kier molecular flexibility index (Phi) is 8.25. The Morgan fingerprint density at radius 3 is 2.29 bits per heavy atom. The van der Waals surface area contributed by atoms with Crippen molar-refractivity contribution in [2.45, 2.75) is 64.6 Å². The fourth-order valence-corrected chi connectivity index (χ4v) is 5.91. The van der Waals surface area contributed by atoms with Crippen LogP contribution in [0.3, 0.4) is 0 Å². The number of alkyl halides is 1. The van der Waals surface area contributed by atoms with Crippen LogP contribution in [-0.2, 0) is 29.2 Å². The molecule has 0 amide bonds. The van der Waals surface area contributed by atoms with E-state index in [0.717, 1.165) is 33.4 Å². The first-order chi connectivity index (χ1) is 19.5. The molecule has 1 heterocycles. The first-order valence-corrected chi connectivity index (χ1v) is 13.7. The Hall–Kier alpha value is -3.62. The fraction of sp³-hybridized carbons (Fsp3) is 0.364. The van der Waals surface area contributed by atoms with Crippen LogP contribution >= 0.6 is 0 Å². The molecule has 0 bridgehead atoms. The van der Waals surface area contributed by atoms with Crippen molar-refractivity contribution >= 4 is 11.5 Å². The molecule has 1 N–H and O–H groups in total. The van der Waals surface area contributed by atoms with Crippen molar-refractivity contribution < 1.29 is 32.5 Å². The van der Waals surface area contributed by atoms with E-state index in [0.29, 0.717) is 12.8 Å². The zero-order valence-corrected chi connectivity index (χ0v) is 23.4. The lowest BCUT2D eigenvalue weighted by atomic mass is 9.84. The normalized spacial score (nSPS) is 18.8. The van der Waals surface area contributed by atoms with Crippen LogP contribution in [0.4, 0.5) is 13.2 Å². The molecule has 3 aromatic carbocycles. The predicted molar refractivity (Wildman–Crippen MR) is 150 cm³/mol. The molecule has 3 aromatic rings. The molecule has 41 heavy (non-hydrogen) atoms. The Morgan fingerprint density at radius 2 is 1.66 bits per heavy atom. The van der Waals surface area contributed by atoms with Crippen LogP contribution in [0.5, 0.6) is 5.75 Å². The second kappa shape index (κ2) is 11.7. The number of hydrogen-bond acceptors (Lipinski definition) is 4. The number of hydrogen-bond donors (Lipinski definition) is 1. The average molecular weight is 566 g/mol. The summed E-state index contributed by atoms with van der Waals surface area (Å²) in [6.45, 7) is 4.87. The first-order valence-electron chi connectivity index (χ1n) is 13.7. The maximum Gasteiger partial charge on any atom is 0.329 e. The molecule has 0 fully saturated rings. The molecule has 2 atom stereocenters. The number of carboxylic acids is 1. The summed E-state index contributed by atoms with van der Waals surface area (Å²) >= 11 is 0. The van der Waals surface area contributed by atoms with Gasteiger partial charge in [-0.15, -0.1) is 0 Å². The number of nitrogens with zero attached hydrogens (tertiary/aromatic N) is 1. The molecular formula is C33H34F3NO4. The van der Waals surface area contributed by atoms with Crippen LogP contribution in [0, 0.1) is 11.6 Å². The number of halogens is 3. The maximum absolute atomic E-state index is 15.8. The van der Waals surface area contributed by atoms with Gasteiger partial charge in [0.25, 0.3) is 0 Å². The van der Waals surface area contributed by atoms with Gasteiger partial charge in [-0.2, -0.15) is 0 Å². The van der Waals surface area contributed by atoms with E-state index in [4.69, 9.17) is 14.6 Å².